The minimum absolute atomic E-state index is 0.105. The van der Waals surface area contributed by atoms with Crippen LogP contribution in [0, 0.1) is 6.92 Å². The van der Waals surface area contributed by atoms with E-state index in [-0.39, 0.29) is 5.56 Å². The lowest BCUT2D eigenvalue weighted by Crippen LogP contribution is -2.44. The smallest absolute Gasteiger partial charge is 0.386 e. The van der Waals surface area contributed by atoms with Crippen molar-refractivity contribution in [2.45, 2.75) is 25.4 Å². The summed E-state index contributed by atoms with van der Waals surface area (Å²) in [6.45, 7) is -1.61. The van der Waals surface area contributed by atoms with Crippen molar-refractivity contribution in [2.75, 3.05) is 20.4 Å². The van der Waals surface area contributed by atoms with Crippen LogP contribution in [0.4, 0.5) is 0 Å². The Morgan fingerprint density at radius 3 is 2.38 bits per heavy atom. The van der Waals surface area contributed by atoms with Crippen molar-refractivity contribution < 1.29 is 38.1 Å². The first-order chi connectivity index (χ1) is 11.7. The molecule has 0 fully saturated rings. The minimum atomic E-state index is -4.85. The van der Waals surface area contributed by atoms with E-state index < -0.39 is 50.6 Å². The van der Waals surface area contributed by atoms with Gasteiger partial charge in [0.2, 0.25) is 0 Å². The number of rotatable bonds is 9. The van der Waals surface area contributed by atoms with Gasteiger partial charge in [-0.3, -0.25) is 18.9 Å². The molecule has 0 saturated heterocycles. The summed E-state index contributed by atoms with van der Waals surface area (Å²) in [5.41, 5.74) is -1.51. The van der Waals surface area contributed by atoms with Crippen molar-refractivity contribution in [1.29, 1.82) is 0 Å². The van der Waals surface area contributed by atoms with Crippen molar-refractivity contribution in [3.63, 3.8) is 0 Å². The molecule has 1 aromatic heterocycles. The van der Waals surface area contributed by atoms with Gasteiger partial charge in [-0.05, 0) is 18.7 Å². The third kappa shape index (κ3) is 7.12. The molecule has 26 heavy (non-hydrogen) atoms. The zero-order valence-electron chi connectivity index (χ0n) is 14.0. The topological polar surface area (TPSA) is 181 Å². The van der Waals surface area contributed by atoms with Crippen LogP contribution < -0.4 is 11.2 Å². The van der Waals surface area contributed by atoms with E-state index in [4.69, 9.17) is 30.9 Å². The Morgan fingerprint density at radius 1 is 1.35 bits per heavy atom. The van der Waals surface area contributed by atoms with Gasteiger partial charge in [-0.25, -0.2) is 9.36 Å². The summed E-state index contributed by atoms with van der Waals surface area (Å²) in [5, 5.41) is 10.5. The molecule has 0 saturated carbocycles. The lowest BCUT2D eigenvalue weighted by Gasteiger charge is -2.31. The second-order valence-electron chi connectivity index (χ2n) is 5.33. The van der Waals surface area contributed by atoms with E-state index in [1.807, 2.05) is 4.98 Å². The summed E-state index contributed by atoms with van der Waals surface area (Å²) < 4.78 is 26.1. The van der Waals surface area contributed by atoms with Gasteiger partial charge in [0, 0.05) is 25.5 Å². The highest BCUT2D eigenvalue weighted by Crippen LogP contribution is 2.43. The molecule has 1 heterocycles. The lowest BCUT2D eigenvalue weighted by molar-refractivity contribution is -0.107. The largest absolute Gasteiger partial charge is 0.469 e. The molecule has 4 atom stereocenters. The number of hydrogen-bond donors (Lipinski definition) is 5. The molecule has 0 aliphatic heterocycles. The SMILES string of the molecule is CO[C@H](COP(=O)(O)O)[C@@H](O)[C@@H](OP(C)(O)=S)n1cc(C)c(=O)[nH]c1=O. The van der Waals surface area contributed by atoms with Crippen molar-refractivity contribution in [1.82, 2.24) is 9.55 Å². The average molecular weight is 434 g/mol. The second-order valence-corrected chi connectivity index (χ2v) is 10.4. The van der Waals surface area contributed by atoms with Gasteiger partial charge in [-0.1, -0.05) is 0 Å². The van der Waals surface area contributed by atoms with Gasteiger partial charge in [0.1, 0.15) is 12.2 Å². The number of methoxy groups -OCH3 is 1. The fourth-order valence-corrected chi connectivity index (χ4v) is 3.15. The van der Waals surface area contributed by atoms with Crippen LogP contribution in [0.15, 0.2) is 15.8 Å². The summed E-state index contributed by atoms with van der Waals surface area (Å²) in [4.78, 5) is 53.0. The molecule has 0 aromatic carbocycles. The van der Waals surface area contributed by atoms with Gasteiger partial charge in [-0.2, -0.15) is 0 Å². The number of aromatic nitrogens is 2. The average Bonchev–Trinajstić information content (AvgIpc) is 2.47. The molecule has 1 aromatic rings. The molecule has 15 heteroatoms. The number of aliphatic hydroxyl groups excluding tert-OH is 1. The molecule has 150 valence electrons. The van der Waals surface area contributed by atoms with Crippen molar-refractivity contribution >= 4 is 26.1 Å². The molecule has 0 aliphatic rings. The first-order valence-electron chi connectivity index (χ1n) is 6.97. The first kappa shape index (κ1) is 23.3. The molecule has 1 rings (SSSR count). The molecule has 0 amide bonds. The van der Waals surface area contributed by atoms with E-state index in [0.29, 0.717) is 0 Å². The highest BCUT2D eigenvalue weighted by atomic mass is 32.5. The van der Waals surface area contributed by atoms with Gasteiger partial charge >= 0.3 is 13.5 Å². The Labute approximate surface area is 152 Å². The maximum absolute atomic E-state index is 12.1. The zero-order valence-corrected chi connectivity index (χ0v) is 16.6. The Balaban J connectivity index is 3.30. The van der Waals surface area contributed by atoms with Crippen LogP contribution in [0.2, 0.25) is 0 Å². The van der Waals surface area contributed by atoms with Gasteiger partial charge in [0.25, 0.3) is 5.56 Å². The number of H-pyrrole nitrogens is 1. The maximum Gasteiger partial charge on any atom is 0.469 e. The normalized spacial score (nSPS) is 18.1. The molecule has 0 aliphatic carbocycles. The first-order valence-corrected chi connectivity index (χ1v) is 11.6. The molecular formula is C11H20N2O10P2S. The third-order valence-corrected chi connectivity index (χ3v) is 4.46. The van der Waals surface area contributed by atoms with Gasteiger partial charge < -0.3 is 29.0 Å². The highest BCUT2D eigenvalue weighted by Gasteiger charge is 2.35. The number of phosphoric ester groups is 1. The number of hydrogen-bond acceptors (Lipinski definition) is 8. The molecule has 5 N–H and O–H groups in total. The molecule has 0 bridgehead atoms. The summed E-state index contributed by atoms with van der Waals surface area (Å²) in [7, 11) is -3.73. The second kappa shape index (κ2) is 8.98. The molecular weight excluding hydrogens is 414 g/mol. The van der Waals surface area contributed by atoms with Crippen LogP contribution in [0.1, 0.15) is 11.8 Å². The van der Waals surface area contributed by atoms with Crippen molar-refractivity contribution in [2.24, 2.45) is 0 Å². The monoisotopic (exact) mass is 434 g/mol. The molecule has 0 radical (unpaired) electrons. The highest BCUT2D eigenvalue weighted by molar-refractivity contribution is 8.09. The molecule has 0 spiro atoms. The number of phosphoric acid groups is 1. The fraction of sp³-hybridized carbons (Fsp3) is 0.636. The van der Waals surface area contributed by atoms with Crippen LogP contribution >= 0.6 is 14.3 Å². The number of aromatic amines is 1. The van der Waals surface area contributed by atoms with Gasteiger partial charge in [0.15, 0.2) is 12.7 Å². The van der Waals surface area contributed by atoms with Crippen LogP contribution in [-0.4, -0.2) is 61.9 Å². The number of aliphatic hydroxyl groups is 1. The number of nitrogens with zero attached hydrogens (tertiary/aromatic N) is 1. The van der Waals surface area contributed by atoms with Crippen molar-refractivity contribution in [3.05, 3.63) is 32.6 Å². The predicted molar refractivity (Wildman–Crippen MR) is 93.4 cm³/mol. The van der Waals surface area contributed by atoms with E-state index in [9.17, 15) is 24.2 Å². The van der Waals surface area contributed by atoms with E-state index in [1.165, 1.54) is 13.6 Å². The third-order valence-electron chi connectivity index (χ3n) is 3.11. The fourth-order valence-electron chi connectivity index (χ4n) is 1.91. The molecule has 12 nitrogen and oxygen atoms in total. The number of aryl methyl sites for hydroxylation is 1. The lowest BCUT2D eigenvalue weighted by atomic mass is 10.2. The van der Waals surface area contributed by atoms with E-state index in [1.54, 1.807) is 0 Å². The summed E-state index contributed by atoms with van der Waals surface area (Å²) >= 11 is 4.78. The van der Waals surface area contributed by atoms with Gasteiger partial charge in [-0.15, -0.1) is 0 Å². The quantitative estimate of drug-likeness (QED) is 0.294. The number of nitrogens with one attached hydrogen (secondary N) is 1. The van der Waals surface area contributed by atoms with E-state index in [2.05, 4.69) is 4.52 Å². The Bertz CT molecular complexity index is 827. The Morgan fingerprint density at radius 2 is 1.92 bits per heavy atom. The van der Waals surface area contributed by atoms with Crippen LogP contribution in [0.25, 0.3) is 0 Å². The van der Waals surface area contributed by atoms with E-state index in [0.717, 1.165) is 17.9 Å². The Kier molecular flexibility index (Phi) is 8.05. The summed E-state index contributed by atoms with van der Waals surface area (Å²) in [5.74, 6) is 0. The Hall–Kier alpha value is -0.720. The summed E-state index contributed by atoms with van der Waals surface area (Å²) in [6, 6.07) is 0. The number of ether oxygens (including phenoxy) is 1. The summed E-state index contributed by atoms with van der Waals surface area (Å²) in [6.07, 6.45) is -3.65. The van der Waals surface area contributed by atoms with Crippen molar-refractivity contribution in [3.8, 4) is 0 Å². The van der Waals surface area contributed by atoms with Crippen LogP contribution in [0.3, 0.4) is 0 Å². The standard InChI is InChI=1S/C11H20N2O10P2S/c1-6-4-13(11(16)12-9(6)15)10(23-24(3,17)26)8(14)7(21-2)5-22-25(18,19)20/h4,7-8,10,14H,5H2,1-3H3,(H,17,26)(H,12,15,16)(H2,18,19,20)/t7-,8-,10-,24?/m1/s1. The van der Waals surface area contributed by atoms with Crippen LogP contribution in [-0.2, 0) is 30.2 Å². The van der Waals surface area contributed by atoms with E-state index >= 15 is 0 Å². The van der Waals surface area contributed by atoms with Crippen LogP contribution in [0.5, 0.6) is 0 Å². The minimum Gasteiger partial charge on any atom is -0.386 e. The van der Waals surface area contributed by atoms with Gasteiger partial charge in [0.05, 0.1) is 6.61 Å². The predicted octanol–water partition coefficient (Wildman–Crippen LogP) is -1.22. The molecule has 1 unspecified atom stereocenters. The maximum atomic E-state index is 12.1. The zero-order chi connectivity index (χ0) is 20.3.